The van der Waals surface area contributed by atoms with Crippen LogP contribution in [0.3, 0.4) is 0 Å². The van der Waals surface area contributed by atoms with E-state index in [1.807, 2.05) is 0 Å². The summed E-state index contributed by atoms with van der Waals surface area (Å²) >= 11 is 5.96. The summed E-state index contributed by atoms with van der Waals surface area (Å²) < 4.78 is 5.29. The molecule has 0 aliphatic rings. The predicted molar refractivity (Wildman–Crippen MR) is 65.8 cm³/mol. The molecule has 0 aliphatic heterocycles. The van der Waals surface area contributed by atoms with Crippen LogP contribution in [0, 0.1) is 10.1 Å². The van der Waals surface area contributed by atoms with Crippen LogP contribution >= 0.6 is 11.6 Å². The number of rotatable bonds is 3. The number of hydrogen-bond acceptors (Lipinski definition) is 4. The minimum Gasteiger partial charge on any atom is -0.453 e. The maximum Gasteiger partial charge on any atom is 0.270 e. The zero-order valence-electron chi connectivity index (χ0n) is 9.34. The highest BCUT2D eigenvalue weighted by molar-refractivity contribution is 6.33. The Labute approximate surface area is 107 Å². The minimum atomic E-state index is -0.519. The summed E-state index contributed by atoms with van der Waals surface area (Å²) in [5.74, 6) is 0.296. The molecule has 0 atom stereocenters. The number of nitrogens with zero attached hydrogens (tertiary/aromatic N) is 1. The van der Waals surface area contributed by atoms with Crippen molar-refractivity contribution in [2.75, 3.05) is 0 Å². The summed E-state index contributed by atoms with van der Waals surface area (Å²) in [6, 6.07) is 7.10. The summed E-state index contributed by atoms with van der Waals surface area (Å²) in [5, 5.41) is 11.0. The molecule has 0 amide bonds. The number of ketones is 1. The van der Waals surface area contributed by atoms with Gasteiger partial charge in [-0.1, -0.05) is 11.6 Å². The molecule has 0 N–H and O–H groups in total. The molecule has 5 nitrogen and oxygen atoms in total. The van der Waals surface area contributed by atoms with Crippen molar-refractivity contribution in [2.24, 2.45) is 0 Å². The van der Waals surface area contributed by atoms with E-state index in [9.17, 15) is 14.9 Å². The molecule has 6 heteroatoms. The van der Waals surface area contributed by atoms with E-state index in [2.05, 4.69) is 0 Å². The molecule has 1 aromatic carbocycles. The van der Waals surface area contributed by atoms with Crippen LogP contribution in [0.1, 0.15) is 17.5 Å². The van der Waals surface area contributed by atoms with Crippen LogP contribution in [-0.2, 0) is 0 Å². The number of hydrogen-bond donors (Lipinski definition) is 0. The lowest BCUT2D eigenvalue weighted by Gasteiger charge is -2.00. The van der Waals surface area contributed by atoms with Gasteiger partial charge in [0.15, 0.2) is 11.5 Å². The van der Waals surface area contributed by atoms with Crippen molar-refractivity contribution < 1.29 is 14.1 Å². The minimum absolute atomic E-state index is 0.0878. The number of non-ortho nitro benzene ring substituents is 1. The Morgan fingerprint density at radius 3 is 2.61 bits per heavy atom. The second kappa shape index (κ2) is 4.62. The Morgan fingerprint density at radius 1 is 1.33 bits per heavy atom. The molecule has 1 aromatic heterocycles. The van der Waals surface area contributed by atoms with Gasteiger partial charge in [-0.05, 0) is 18.2 Å². The fourth-order valence-corrected chi connectivity index (χ4v) is 1.70. The van der Waals surface area contributed by atoms with E-state index in [4.69, 9.17) is 16.0 Å². The molecule has 0 bridgehead atoms. The van der Waals surface area contributed by atoms with E-state index in [1.165, 1.54) is 31.2 Å². The Morgan fingerprint density at radius 2 is 2.06 bits per heavy atom. The van der Waals surface area contributed by atoms with Gasteiger partial charge in [0.05, 0.1) is 9.95 Å². The molecule has 2 aromatic rings. The lowest BCUT2D eigenvalue weighted by Crippen LogP contribution is -1.89. The number of carbonyl (C=O) groups excluding carboxylic acids is 1. The lowest BCUT2D eigenvalue weighted by atomic mass is 10.1. The zero-order chi connectivity index (χ0) is 13.3. The maximum absolute atomic E-state index is 11.1. The van der Waals surface area contributed by atoms with Gasteiger partial charge in [0.1, 0.15) is 5.76 Å². The molecule has 0 saturated heterocycles. The fourth-order valence-electron chi connectivity index (χ4n) is 1.49. The van der Waals surface area contributed by atoms with Crippen molar-refractivity contribution in [3.63, 3.8) is 0 Å². The van der Waals surface area contributed by atoms with Crippen molar-refractivity contribution >= 4 is 23.1 Å². The smallest absolute Gasteiger partial charge is 0.270 e. The molecule has 0 fully saturated rings. The van der Waals surface area contributed by atoms with E-state index in [1.54, 1.807) is 6.07 Å². The Balaban J connectivity index is 2.51. The van der Waals surface area contributed by atoms with Gasteiger partial charge in [0.2, 0.25) is 0 Å². The third-order valence-corrected chi connectivity index (χ3v) is 2.71. The number of Topliss-reactive ketones (excluding diaryl/α,β-unsaturated/α-hetero) is 1. The standard InChI is InChI=1S/C12H8ClNO4/c1-7(15)11-4-5-12(18-11)9-6-8(14(16)17)2-3-10(9)13/h2-6H,1H3. The first-order chi connectivity index (χ1) is 8.49. The molecule has 1 heterocycles. The summed E-state index contributed by atoms with van der Waals surface area (Å²) in [7, 11) is 0. The van der Waals surface area contributed by atoms with Crippen LogP contribution in [-0.4, -0.2) is 10.7 Å². The third-order valence-electron chi connectivity index (χ3n) is 2.38. The zero-order valence-corrected chi connectivity index (χ0v) is 10.1. The van der Waals surface area contributed by atoms with Gasteiger partial charge in [0, 0.05) is 24.6 Å². The second-order valence-corrected chi connectivity index (χ2v) is 4.05. The normalized spacial score (nSPS) is 10.3. The summed E-state index contributed by atoms with van der Waals surface area (Å²) in [6.07, 6.45) is 0. The first-order valence-electron chi connectivity index (χ1n) is 5.04. The van der Waals surface area contributed by atoms with E-state index < -0.39 is 4.92 Å². The van der Waals surface area contributed by atoms with Crippen molar-refractivity contribution in [3.8, 4) is 11.3 Å². The van der Waals surface area contributed by atoms with Crippen LogP contribution in [0.2, 0.25) is 5.02 Å². The van der Waals surface area contributed by atoms with Crippen molar-refractivity contribution in [1.29, 1.82) is 0 Å². The van der Waals surface area contributed by atoms with Gasteiger partial charge >= 0.3 is 0 Å². The van der Waals surface area contributed by atoms with Crippen molar-refractivity contribution in [2.45, 2.75) is 6.92 Å². The molecule has 0 aliphatic carbocycles. The average Bonchev–Trinajstić information content (AvgIpc) is 2.78. The summed E-state index contributed by atoms with van der Waals surface area (Å²) in [5.41, 5.74) is 0.300. The lowest BCUT2D eigenvalue weighted by molar-refractivity contribution is -0.384. The van der Waals surface area contributed by atoms with E-state index in [0.29, 0.717) is 16.3 Å². The first kappa shape index (κ1) is 12.3. The van der Waals surface area contributed by atoms with Crippen LogP contribution in [0.5, 0.6) is 0 Å². The fraction of sp³-hybridized carbons (Fsp3) is 0.0833. The quantitative estimate of drug-likeness (QED) is 0.482. The highest BCUT2D eigenvalue weighted by Gasteiger charge is 2.15. The van der Waals surface area contributed by atoms with Gasteiger partial charge in [-0.2, -0.15) is 0 Å². The number of nitro benzene ring substituents is 1. The molecular weight excluding hydrogens is 258 g/mol. The Hall–Kier alpha value is -2.14. The maximum atomic E-state index is 11.1. The molecular formula is C12H8ClNO4. The van der Waals surface area contributed by atoms with Crippen LogP contribution in [0.25, 0.3) is 11.3 Å². The summed E-state index contributed by atoms with van der Waals surface area (Å²) in [4.78, 5) is 21.3. The molecule has 92 valence electrons. The van der Waals surface area contributed by atoms with Crippen LogP contribution in [0.15, 0.2) is 34.7 Å². The highest BCUT2D eigenvalue weighted by atomic mass is 35.5. The molecule has 0 unspecified atom stereocenters. The van der Waals surface area contributed by atoms with Gasteiger partial charge in [-0.15, -0.1) is 0 Å². The third kappa shape index (κ3) is 2.26. The van der Waals surface area contributed by atoms with Crippen molar-refractivity contribution in [3.05, 3.63) is 51.2 Å². The van der Waals surface area contributed by atoms with E-state index in [0.717, 1.165) is 0 Å². The topological polar surface area (TPSA) is 73.3 Å². The Kier molecular flexibility index (Phi) is 3.16. The van der Waals surface area contributed by atoms with Gasteiger partial charge in [-0.25, -0.2) is 0 Å². The second-order valence-electron chi connectivity index (χ2n) is 3.64. The Bertz CT molecular complexity index is 633. The van der Waals surface area contributed by atoms with Crippen LogP contribution < -0.4 is 0 Å². The molecule has 0 saturated carbocycles. The van der Waals surface area contributed by atoms with Crippen LogP contribution in [0.4, 0.5) is 5.69 Å². The van der Waals surface area contributed by atoms with E-state index >= 15 is 0 Å². The van der Waals surface area contributed by atoms with Gasteiger partial charge < -0.3 is 4.42 Å². The van der Waals surface area contributed by atoms with Crippen molar-refractivity contribution in [1.82, 2.24) is 0 Å². The summed E-state index contributed by atoms with van der Waals surface area (Å²) in [6.45, 7) is 1.37. The predicted octanol–water partition coefficient (Wildman–Crippen LogP) is 3.71. The number of carbonyl (C=O) groups is 1. The average molecular weight is 266 g/mol. The number of nitro groups is 1. The number of furan rings is 1. The van der Waals surface area contributed by atoms with Gasteiger partial charge in [0.25, 0.3) is 5.69 Å². The molecule has 0 spiro atoms. The van der Waals surface area contributed by atoms with E-state index in [-0.39, 0.29) is 17.2 Å². The molecule has 2 rings (SSSR count). The number of benzene rings is 1. The number of halogens is 1. The SMILES string of the molecule is CC(=O)c1ccc(-c2cc([N+](=O)[O-])ccc2Cl)o1. The highest BCUT2D eigenvalue weighted by Crippen LogP contribution is 2.32. The molecule has 18 heavy (non-hydrogen) atoms. The monoisotopic (exact) mass is 265 g/mol. The largest absolute Gasteiger partial charge is 0.453 e. The van der Waals surface area contributed by atoms with Gasteiger partial charge in [-0.3, -0.25) is 14.9 Å². The first-order valence-corrected chi connectivity index (χ1v) is 5.42. The molecule has 0 radical (unpaired) electrons.